The molecule has 1 atom stereocenters. The van der Waals surface area contributed by atoms with Crippen LogP contribution in [0.3, 0.4) is 0 Å². The van der Waals surface area contributed by atoms with E-state index in [9.17, 15) is 14.4 Å². The molecule has 1 saturated heterocycles. The van der Waals surface area contributed by atoms with Gasteiger partial charge in [-0.25, -0.2) is 9.78 Å². The van der Waals surface area contributed by atoms with E-state index >= 15 is 0 Å². The largest absolute Gasteiger partial charge is 0.483 e. The van der Waals surface area contributed by atoms with Crippen molar-refractivity contribution in [3.63, 3.8) is 0 Å². The zero-order valence-corrected chi connectivity index (χ0v) is 17.6. The Morgan fingerprint density at radius 2 is 1.97 bits per heavy atom. The van der Waals surface area contributed by atoms with Crippen molar-refractivity contribution < 1.29 is 23.9 Å². The molecule has 1 unspecified atom stereocenters. The van der Waals surface area contributed by atoms with Crippen LogP contribution in [-0.4, -0.2) is 59.5 Å². The standard InChI is InChI=1S/C23H27N3O5/c1-2-30-23(29)18-13-20(16-9-3-4-10-17(16)25-18)31-14-21(27)26-12-6-11-19(26)22(28)24-15-7-5-8-15/h3-4,9-10,13,15,19H,2,5-8,11-12,14H2,1H3,(H,24,28). The Bertz CT molecular complexity index is 988. The van der Waals surface area contributed by atoms with Crippen LogP contribution in [0.2, 0.25) is 0 Å². The number of hydrogen-bond donors (Lipinski definition) is 1. The number of carbonyl (C=O) groups excluding carboxylic acids is 3. The molecule has 2 amide bonds. The first-order valence-corrected chi connectivity index (χ1v) is 10.9. The second-order valence-electron chi connectivity index (χ2n) is 7.91. The number of nitrogens with one attached hydrogen (secondary N) is 1. The molecule has 8 nitrogen and oxygen atoms in total. The molecule has 164 valence electrons. The fourth-order valence-electron chi connectivity index (χ4n) is 3.98. The number of esters is 1. The van der Waals surface area contributed by atoms with E-state index in [-0.39, 0.29) is 36.8 Å². The number of amides is 2. The third kappa shape index (κ3) is 4.62. The Kier molecular flexibility index (Phi) is 6.34. The van der Waals surface area contributed by atoms with Gasteiger partial charge in [-0.05, 0) is 51.2 Å². The van der Waals surface area contributed by atoms with Gasteiger partial charge in [0, 0.05) is 24.0 Å². The number of aromatic nitrogens is 1. The fraction of sp³-hybridized carbons (Fsp3) is 0.478. The van der Waals surface area contributed by atoms with Crippen LogP contribution >= 0.6 is 0 Å². The van der Waals surface area contributed by atoms with Crippen molar-refractivity contribution in [1.82, 2.24) is 15.2 Å². The number of para-hydroxylation sites is 1. The smallest absolute Gasteiger partial charge is 0.357 e. The van der Waals surface area contributed by atoms with E-state index in [2.05, 4.69) is 10.3 Å². The number of rotatable bonds is 7. The maximum atomic E-state index is 12.9. The van der Waals surface area contributed by atoms with Gasteiger partial charge in [0.15, 0.2) is 12.3 Å². The van der Waals surface area contributed by atoms with Crippen molar-refractivity contribution in [3.05, 3.63) is 36.0 Å². The monoisotopic (exact) mass is 425 g/mol. The normalized spacial score (nSPS) is 18.5. The lowest BCUT2D eigenvalue weighted by atomic mass is 9.93. The first kappa shape index (κ1) is 21.1. The molecule has 1 aliphatic carbocycles. The fourth-order valence-corrected chi connectivity index (χ4v) is 3.98. The summed E-state index contributed by atoms with van der Waals surface area (Å²) >= 11 is 0. The van der Waals surface area contributed by atoms with Gasteiger partial charge >= 0.3 is 5.97 Å². The molecular formula is C23H27N3O5. The predicted molar refractivity (Wildman–Crippen MR) is 114 cm³/mol. The van der Waals surface area contributed by atoms with E-state index in [4.69, 9.17) is 9.47 Å². The molecule has 1 aliphatic heterocycles. The van der Waals surface area contributed by atoms with Crippen LogP contribution < -0.4 is 10.1 Å². The second-order valence-corrected chi connectivity index (χ2v) is 7.91. The second kappa shape index (κ2) is 9.32. The minimum atomic E-state index is -0.545. The summed E-state index contributed by atoms with van der Waals surface area (Å²) in [5.74, 6) is -0.479. The van der Waals surface area contributed by atoms with Gasteiger partial charge in [0.05, 0.1) is 12.1 Å². The first-order valence-electron chi connectivity index (χ1n) is 10.9. The summed E-state index contributed by atoms with van der Waals surface area (Å²) in [6.07, 6.45) is 4.61. The SMILES string of the molecule is CCOC(=O)c1cc(OCC(=O)N2CCCC2C(=O)NC2CCC2)c2ccccc2n1. The van der Waals surface area contributed by atoms with Gasteiger partial charge in [0.25, 0.3) is 5.91 Å². The molecule has 1 N–H and O–H groups in total. The minimum absolute atomic E-state index is 0.0745. The van der Waals surface area contributed by atoms with E-state index in [1.807, 2.05) is 18.2 Å². The molecule has 1 aromatic heterocycles. The highest BCUT2D eigenvalue weighted by Gasteiger charge is 2.35. The quantitative estimate of drug-likeness (QED) is 0.685. The van der Waals surface area contributed by atoms with Crippen LogP contribution in [0.15, 0.2) is 30.3 Å². The Balaban J connectivity index is 1.47. The minimum Gasteiger partial charge on any atom is -0.483 e. The van der Waals surface area contributed by atoms with Crippen LogP contribution in [0, 0.1) is 0 Å². The van der Waals surface area contributed by atoms with Crippen molar-refractivity contribution in [2.45, 2.75) is 51.1 Å². The Hall–Kier alpha value is -3.16. The van der Waals surface area contributed by atoms with Gasteiger partial charge in [-0.3, -0.25) is 9.59 Å². The summed E-state index contributed by atoms with van der Waals surface area (Å²) in [7, 11) is 0. The average molecular weight is 425 g/mol. The molecule has 2 fully saturated rings. The molecule has 2 aliphatic rings. The third-order valence-electron chi connectivity index (χ3n) is 5.84. The van der Waals surface area contributed by atoms with Crippen molar-refractivity contribution in [2.75, 3.05) is 19.8 Å². The lowest BCUT2D eigenvalue weighted by Gasteiger charge is -2.30. The molecule has 1 saturated carbocycles. The van der Waals surface area contributed by atoms with E-state index in [0.717, 1.165) is 25.7 Å². The highest BCUT2D eigenvalue weighted by Crippen LogP contribution is 2.27. The highest BCUT2D eigenvalue weighted by molar-refractivity contribution is 5.94. The number of benzene rings is 1. The van der Waals surface area contributed by atoms with Crippen molar-refractivity contribution in [1.29, 1.82) is 0 Å². The van der Waals surface area contributed by atoms with Crippen LogP contribution in [0.1, 0.15) is 49.5 Å². The number of fused-ring (bicyclic) bond motifs is 1. The molecule has 0 bridgehead atoms. The van der Waals surface area contributed by atoms with Crippen molar-refractivity contribution in [3.8, 4) is 5.75 Å². The van der Waals surface area contributed by atoms with Gasteiger partial charge in [-0.15, -0.1) is 0 Å². The predicted octanol–water partition coefficient (Wildman–Crippen LogP) is 2.45. The molecule has 0 radical (unpaired) electrons. The summed E-state index contributed by atoms with van der Waals surface area (Å²) in [5.41, 5.74) is 0.705. The van der Waals surface area contributed by atoms with Gasteiger partial charge in [0.1, 0.15) is 11.8 Å². The number of ether oxygens (including phenoxy) is 2. The highest BCUT2D eigenvalue weighted by atomic mass is 16.5. The number of carbonyl (C=O) groups is 3. The average Bonchev–Trinajstić information content (AvgIpc) is 3.24. The lowest BCUT2D eigenvalue weighted by molar-refractivity contribution is -0.140. The van der Waals surface area contributed by atoms with Crippen LogP contribution in [0.5, 0.6) is 5.75 Å². The molecule has 2 heterocycles. The third-order valence-corrected chi connectivity index (χ3v) is 5.84. The Morgan fingerprint density at radius 3 is 2.71 bits per heavy atom. The maximum Gasteiger partial charge on any atom is 0.357 e. The molecule has 4 rings (SSSR count). The van der Waals surface area contributed by atoms with E-state index < -0.39 is 12.0 Å². The van der Waals surface area contributed by atoms with Gasteiger partial charge in [0.2, 0.25) is 5.91 Å². The van der Waals surface area contributed by atoms with E-state index in [1.165, 1.54) is 6.07 Å². The molecule has 0 spiro atoms. The Morgan fingerprint density at radius 1 is 1.16 bits per heavy atom. The van der Waals surface area contributed by atoms with E-state index in [1.54, 1.807) is 17.9 Å². The molecule has 31 heavy (non-hydrogen) atoms. The summed E-state index contributed by atoms with van der Waals surface area (Å²) in [5, 5.41) is 3.74. The number of likely N-dealkylation sites (tertiary alicyclic amines) is 1. The maximum absolute atomic E-state index is 12.9. The topological polar surface area (TPSA) is 97.8 Å². The molecular weight excluding hydrogens is 398 g/mol. The van der Waals surface area contributed by atoms with E-state index in [0.29, 0.717) is 29.6 Å². The molecule has 2 aromatic rings. The van der Waals surface area contributed by atoms with Crippen molar-refractivity contribution in [2.24, 2.45) is 0 Å². The van der Waals surface area contributed by atoms with Gasteiger partial charge in [-0.1, -0.05) is 12.1 Å². The summed E-state index contributed by atoms with van der Waals surface area (Å²) < 4.78 is 10.9. The van der Waals surface area contributed by atoms with Gasteiger partial charge in [-0.2, -0.15) is 0 Å². The molecule has 1 aromatic carbocycles. The summed E-state index contributed by atoms with van der Waals surface area (Å²) in [6, 6.07) is 8.54. The van der Waals surface area contributed by atoms with Crippen LogP contribution in [0.25, 0.3) is 10.9 Å². The number of hydrogen-bond acceptors (Lipinski definition) is 6. The van der Waals surface area contributed by atoms with Gasteiger partial charge < -0.3 is 19.7 Å². The lowest BCUT2D eigenvalue weighted by Crippen LogP contribution is -2.51. The first-order chi connectivity index (χ1) is 15.1. The van der Waals surface area contributed by atoms with Crippen LogP contribution in [0.4, 0.5) is 0 Å². The van der Waals surface area contributed by atoms with Crippen LogP contribution in [-0.2, 0) is 14.3 Å². The number of nitrogens with zero attached hydrogens (tertiary/aromatic N) is 2. The zero-order chi connectivity index (χ0) is 21.8. The summed E-state index contributed by atoms with van der Waals surface area (Å²) in [6.45, 7) is 2.28. The summed E-state index contributed by atoms with van der Waals surface area (Å²) in [4.78, 5) is 43.6. The van der Waals surface area contributed by atoms with Crippen molar-refractivity contribution >= 4 is 28.7 Å². The Labute approximate surface area is 180 Å². The molecule has 8 heteroatoms. The number of pyridine rings is 1. The zero-order valence-electron chi connectivity index (χ0n) is 17.6.